The highest BCUT2D eigenvalue weighted by Gasteiger charge is 2.23. The van der Waals surface area contributed by atoms with Gasteiger partial charge in [-0.15, -0.1) is 0 Å². The van der Waals surface area contributed by atoms with E-state index in [2.05, 4.69) is 43.1 Å². The minimum Gasteiger partial charge on any atom is -0.464 e. The van der Waals surface area contributed by atoms with E-state index >= 15 is 0 Å². The zero-order chi connectivity index (χ0) is 20.3. The average molecular weight is 386 g/mol. The lowest BCUT2D eigenvalue weighted by molar-refractivity contribution is -0.132. The molecule has 1 N–H and O–H groups in total. The van der Waals surface area contributed by atoms with Crippen LogP contribution >= 0.6 is 0 Å². The van der Waals surface area contributed by atoms with Gasteiger partial charge in [0.15, 0.2) is 0 Å². The molecule has 0 bridgehead atoms. The second kappa shape index (κ2) is 8.78. The van der Waals surface area contributed by atoms with E-state index in [1.165, 1.54) is 11.1 Å². The average Bonchev–Trinajstić information content (AvgIpc) is 3.03. The van der Waals surface area contributed by atoms with Crippen molar-refractivity contribution in [2.75, 3.05) is 39.3 Å². The number of piperazine rings is 1. The zero-order valence-corrected chi connectivity index (χ0v) is 17.4. The summed E-state index contributed by atoms with van der Waals surface area (Å²) >= 11 is 0. The molecule has 1 aromatic carbocycles. The highest BCUT2D eigenvalue weighted by molar-refractivity contribution is 5.88. The van der Waals surface area contributed by atoms with Gasteiger partial charge in [0, 0.05) is 43.7 Å². The van der Waals surface area contributed by atoms with Crippen molar-refractivity contribution >= 4 is 22.8 Å². The Morgan fingerprint density at radius 1 is 1.18 bits per heavy atom. The van der Waals surface area contributed by atoms with Gasteiger partial charge in [0.1, 0.15) is 5.58 Å². The third-order valence-electron chi connectivity index (χ3n) is 5.47. The molecule has 0 aliphatic carbocycles. The predicted molar refractivity (Wildman–Crippen MR) is 110 cm³/mol. The Balaban J connectivity index is 1.63. The fourth-order valence-corrected chi connectivity index (χ4v) is 3.89. The maximum absolute atomic E-state index is 12.8. The van der Waals surface area contributed by atoms with Gasteiger partial charge in [0.05, 0.1) is 19.2 Å². The van der Waals surface area contributed by atoms with Crippen molar-refractivity contribution in [2.45, 2.75) is 40.0 Å². The largest absolute Gasteiger partial charge is 0.464 e. The monoisotopic (exact) mass is 385 g/mol. The quantitative estimate of drug-likeness (QED) is 0.830. The van der Waals surface area contributed by atoms with E-state index in [0.717, 1.165) is 29.6 Å². The topological polar surface area (TPSA) is 65.8 Å². The summed E-state index contributed by atoms with van der Waals surface area (Å²) in [5.41, 5.74) is 4.31. The van der Waals surface area contributed by atoms with Gasteiger partial charge in [-0.25, -0.2) is 0 Å². The van der Waals surface area contributed by atoms with Crippen molar-refractivity contribution in [3.8, 4) is 0 Å². The Morgan fingerprint density at radius 3 is 2.54 bits per heavy atom. The number of furan rings is 1. The Morgan fingerprint density at radius 2 is 1.89 bits per heavy atom. The summed E-state index contributed by atoms with van der Waals surface area (Å²) in [5.74, 6) is 0.594. The first-order chi connectivity index (χ1) is 13.4. The summed E-state index contributed by atoms with van der Waals surface area (Å²) in [6.45, 7) is 12.2. The van der Waals surface area contributed by atoms with Crippen molar-refractivity contribution in [3.63, 3.8) is 0 Å². The van der Waals surface area contributed by atoms with Crippen LogP contribution in [0.4, 0.5) is 0 Å². The third-order valence-corrected chi connectivity index (χ3v) is 5.47. The molecule has 1 aromatic heterocycles. The number of nitrogens with one attached hydrogen (secondary N) is 1. The van der Waals surface area contributed by atoms with Gasteiger partial charge < -0.3 is 14.6 Å². The van der Waals surface area contributed by atoms with Gasteiger partial charge in [-0.1, -0.05) is 13.8 Å². The molecule has 152 valence electrons. The Kier molecular flexibility index (Phi) is 6.39. The number of hydrogen-bond acceptors (Lipinski definition) is 4. The number of aryl methyl sites for hydroxylation is 1. The summed E-state index contributed by atoms with van der Waals surface area (Å²) < 4.78 is 5.71. The fraction of sp³-hybridized carbons (Fsp3) is 0.545. The van der Waals surface area contributed by atoms with Crippen LogP contribution in [0.2, 0.25) is 0 Å². The number of fused-ring (bicyclic) bond motifs is 1. The smallest absolute Gasteiger partial charge is 0.234 e. The van der Waals surface area contributed by atoms with Crippen LogP contribution < -0.4 is 5.32 Å². The molecule has 2 amide bonds. The van der Waals surface area contributed by atoms with E-state index in [9.17, 15) is 9.59 Å². The number of carbonyl (C=O) groups is 2. The molecule has 2 heterocycles. The van der Waals surface area contributed by atoms with E-state index in [4.69, 9.17) is 4.42 Å². The molecule has 0 atom stereocenters. The second-order valence-electron chi connectivity index (χ2n) is 7.91. The van der Waals surface area contributed by atoms with Crippen LogP contribution in [-0.2, 0) is 16.0 Å². The van der Waals surface area contributed by atoms with Gasteiger partial charge in [-0.3, -0.25) is 14.5 Å². The van der Waals surface area contributed by atoms with E-state index in [1.807, 2.05) is 11.8 Å². The number of likely N-dealkylation sites (N-methyl/N-ethyl adjacent to an activating group) is 1. The predicted octanol–water partition coefficient (Wildman–Crippen LogP) is 2.69. The summed E-state index contributed by atoms with van der Waals surface area (Å²) in [6, 6.07) is 4.24. The Labute approximate surface area is 166 Å². The van der Waals surface area contributed by atoms with E-state index in [0.29, 0.717) is 38.5 Å². The van der Waals surface area contributed by atoms with Crippen LogP contribution in [0.1, 0.15) is 43.4 Å². The molecule has 1 saturated heterocycles. The van der Waals surface area contributed by atoms with Crippen LogP contribution in [0.3, 0.4) is 0 Å². The highest BCUT2D eigenvalue weighted by atomic mass is 16.3. The number of nitrogens with zero attached hydrogens (tertiary/aromatic N) is 2. The molecular weight excluding hydrogens is 354 g/mol. The number of carbonyl (C=O) groups excluding carboxylic acids is 2. The standard InChI is InChI=1S/C22H31N3O3/c1-5-23-21(26)13-24-6-8-25(9-7-24)22(27)11-17-14-28-20-10-16(4)18(15(2)3)12-19(17)20/h10,12,14-15H,5-9,11,13H2,1-4H3,(H,23,26). The summed E-state index contributed by atoms with van der Waals surface area (Å²) in [7, 11) is 0. The minimum absolute atomic E-state index is 0.0448. The lowest BCUT2D eigenvalue weighted by atomic mass is 9.95. The number of rotatable bonds is 6. The minimum atomic E-state index is 0.0448. The molecule has 1 aliphatic heterocycles. The maximum atomic E-state index is 12.8. The fourth-order valence-electron chi connectivity index (χ4n) is 3.89. The molecule has 0 radical (unpaired) electrons. The third kappa shape index (κ3) is 4.55. The molecule has 6 nitrogen and oxygen atoms in total. The number of benzene rings is 1. The molecule has 1 fully saturated rings. The molecule has 0 saturated carbocycles. The molecule has 28 heavy (non-hydrogen) atoms. The SMILES string of the molecule is CCNC(=O)CN1CCN(C(=O)Cc2coc3cc(C)c(C(C)C)cc23)CC1. The van der Waals surface area contributed by atoms with Crippen LogP contribution in [0.15, 0.2) is 22.8 Å². The summed E-state index contributed by atoms with van der Waals surface area (Å²) in [5, 5.41) is 3.86. The highest BCUT2D eigenvalue weighted by Crippen LogP contribution is 2.29. The first kappa shape index (κ1) is 20.4. The van der Waals surface area contributed by atoms with Gasteiger partial charge in [0.2, 0.25) is 11.8 Å². The van der Waals surface area contributed by atoms with Crippen molar-refractivity contribution in [3.05, 3.63) is 35.1 Å². The van der Waals surface area contributed by atoms with Crippen molar-refractivity contribution in [1.82, 2.24) is 15.1 Å². The van der Waals surface area contributed by atoms with Gasteiger partial charge in [-0.2, -0.15) is 0 Å². The normalized spacial score (nSPS) is 15.4. The lowest BCUT2D eigenvalue weighted by Crippen LogP contribution is -2.51. The van der Waals surface area contributed by atoms with Gasteiger partial charge >= 0.3 is 0 Å². The summed E-state index contributed by atoms with van der Waals surface area (Å²) in [4.78, 5) is 28.5. The van der Waals surface area contributed by atoms with Crippen LogP contribution in [0.25, 0.3) is 11.0 Å². The van der Waals surface area contributed by atoms with Crippen LogP contribution in [0, 0.1) is 6.92 Å². The van der Waals surface area contributed by atoms with Gasteiger partial charge in [0.25, 0.3) is 0 Å². The van der Waals surface area contributed by atoms with Crippen LogP contribution in [-0.4, -0.2) is 60.9 Å². The van der Waals surface area contributed by atoms with E-state index in [-0.39, 0.29) is 11.8 Å². The Bertz CT molecular complexity index is 848. The maximum Gasteiger partial charge on any atom is 0.234 e. The second-order valence-corrected chi connectivity index (χ2v) is 7.91. The molecular formula is C22H31N3O3. The number of amides is 2. The lowest BCUT2D eigenvalue weighted by Gasteiger charge is -2.34. The first-order valence-electron chi connectivity index (χ1n) is 10.2. The molecule has 2 aromatic rings. The van der Waals surface area contributed by atoms with E-state index in [1.54, 1.807) is 6.26 Å². The first-order valence-corrected chi connectivity index (χ1v) is 10.2. The van der Waals surface area contributed by atoms with Gasteiger partial charge in [-0.05, 0) is 43.0 Å². The molecule has 1 aliphatic rings. The number of hydrogen-bond donors (Lipinski definition) is 1. The summed E-state index contributed by atoms with van der Waals surface area (Å²) in [6.07, 6.45) is 2.07. The molecule has 6 heteroatoms. The Hall–Kier alpha value is -2.34. The molecule has 0 unspecified atom stereocenters. The van der Waals surface area contributed by atoms with Crippen LogP contribution in [0.5, 0.6) is 0 Å². The molecule has 3 rings (SSSR count). The molecule has 0 spiro atoms. The van der Waals surface area contributed by atoms with E-state index < -0.39 is 0 Å². The zero-order valence-electron chi connectivity index (χ0n) is 17.4. The van der Waals surface area contributed by atoms with Crippen molar-refractivity contribution < 1.29 is 14.0 Å². The van der Waals surface area contributed by atoms with Crippen molar-refractivity contribution in [1.29, 1.82) is 0 Å². The van der Waals surface area contributed by atoms with Crippen molar-refractivity contribution in [2.24, 2.45) is 0 Å².